The van der Waals surface area contributed by atoms with Crippen LogP contribution in [0.15, 0.2) is 24.3 Å². The number of likely N-dealkylation sites (tertiary alicyclic amines) is 1. The molecule has 0 bridgehead atoms. The topological polar surface area (TPSA) is 20.3 Å². The summed E-state index contributed by atoms with van der Waals surface area (Å²) in [5.74, 6) is 1.09. The molecule has 1 saturated carbocycles. The third-order valence-corrected chi connectivity index (χ3v) is 4.88. The zero-order valence-corrected chi connectivity index (χ0v) is 12.1. The van der Waals surface area contributed by atoms with Crippen LogP contribution in [-0.2, 0) is 10.2 Å². The molecule has 1 aliphatic heterocycles. The van der Waals surface area contributed by atoms with Gasteiger partial charge < -0.3 is 4.90 Å². The van der Waals surface area contributed by atoms with E-state index in [2.05, 4.69) is 11.8 Å². The molecular weight excluding hydrogens is 258 g/mol. The molecule has 3 heteroatoms. The highest BCUT2D eigenvalue weighted by Gasteiger charge is 2.53. The monoisotopic (exact) mass is 277 g/mol. The van der Waals surface area contributed by atoms with Gasteiger partial charge in [-0.25, -0.2) is 0 Å². The maximum absolute atomic E-state index is 12.8. The number of hydrogen-bond acceptors (Lipinski definition) is 1. The number of nitrogens with zero attached hydrogens (tertiary/aromatic N) is 1. The summed E-state index contributed by atoms with van der Waals surface area (Å²) in [5, 5.41) is 0.735. The van der Waals surface area contributed by atoms with Crippen molar-refractivity contribution in [2.45, 2.75) is 38.0 Å². The lowest BCUT2D eigenvalue weighted by atomic mass is 9.92. The Labute approximate surface area is 119 Å². The lowest BCUT2D eigenvalue weighted by Gasteiger charge is -2.33. The number of carbonyl (C=O) groups excluding carboxylic acids is 1. The van der Waals surface area contributed by atoms with E-state index in [0.29, 0.717) is 5.91 Å². The molecule has 1 aromatic rings. The number of halogens is 1. The standard InChI is InChI=1S/C16H20ClNO/c1-12-6-10-18(11-7-12)15(19)16(8-9-16)13-2-4-14(17)5-3-13/h2-5,12H,6-11H2,1H3. The van der Waals surface area contributed by atoms with E-state index >= 15 is 0 Å². The van der Waals surface area contributed by atoms with Crippen LogP contribution in [0, 0.1) is 5.92 Å². The Bertz CT molecular complexity index is 470. The van der Waals surface area contributed by atoms with Gasteiger partial charge in [-0.05, 0) is 49.3 Å². The van der Waals surface area contributed by atoms with Crippen LogP contribution >= 0.6 is 11.6 Å². The van der Waals surface area contributed by atoms with Crippen LogP contribution in [0.25, 0.3) is 0 Å². The van der Waals surface area contributed by atoms with Crippen molar-refractivity contribution in [3.63, 3.8) is 0 Å². The van der Waals surface area contributed by atoms with Crippen molar-refractivity contribution < 1.29 is 4.79 Å². The summed E-state index contributed by atoms with van der Waals surface area (Å²) in [6, 6.07) is 7.81. The van der Waals surface area contributed by atoms with Gasteiger partial charge in [-0.15, -0.1) is 0 Å². The van der Waals surface area contributed by atoms with Gasteiger partial charge in [0.2, 0.25) is 5.91 Å². The van der Waals surface area contributed by atoms with Crippen molar-refractivity contribution in [3.05, 3.63) is 34.9 Å². The molecule has 1 amide bonds. The van der Waals surface area contributed by atoms with Crippen LogP contribution in [-0.4, -0.2) is 23.9 Å². The predicted octanol–water partition coefficient (Wildman–Crippen LogP) is 3.63. The Morgan fingerprint density at radius 3 is 2.32 bits per heavy atom. The predicted molar refractivity (Wildman–Crippen MR) is 77.3 cm³/mol. The summed E-state index contributed by atoms with van der Waals surface area (Å²) in [6.07, 6.45) is 4.25. The molecule has 0 aromatic heterocycles. The minimum absolute atomic E-state index is 0.231. The van der Waals surface area contributed by atoms with Crippen molar-refractivity contribution >= 4 is 17.5 Å². The van der Waals surface area contributed by atoms with Gasteiger partial charge in [0.25, 0.3) is 0 Å². The highest BCUT2D eigenvalue weighted by molar-refractivity contribution is 6.30. The summed E-state index contributed by atoms with van der Waals surface area (Å²) in [5.41, 5.74) is 0.908. The minimum Gasteiger partial charge on any atom is -0.342 e. The van der Waals surface area contributed by atoms with Crippen LogP contribution < -0.4 is 0 Å². The summed E-state index contributed by atoms with van der Waals surface area (Å²) in [4.78, 5) is 14.8. The quantitative estimate of drug-likeness (QED) is 0.808. The normalized spacial score (nSPS) is 22.3. The summed E-state index contributed by atoms with van der Waals surface area (Å²) in [7, 11) is 0. The van der Waals surface area contributed by atoms with Gasteiger partial charge >= 0.3 is 0 Å². The highest BCUT2D eigenvalue weighted by atomic mass is 35.5. The molecule has 2 aliphatic rings. The van der Waals surface area contributed by atoms with E-state index in [-0.39, 0.29) is 5.41 Å². The first-order valence-corrected chi connectivity index (χ1v) is 7.55. The third kappa shape index (κ3) is 2.38. The van der Waals surface area contributed by atoms with E-state index in [1.54, 1.807) is 0 Å². The second-order valence-corrected chi connectivity index (χ2v) is 6.50. The SMILES string of the molecule is CC1CCN(C(=O)C2(c3ccc(Cl)cc3)CC2)CC1. The molecule has 2 nitrogen and oxygen atoms in total. The van der Waals surface area contributed by atoms with Crippen LogP contribution in [0.2, 0.25) is 5.02 Å². The zero-order valence-electron chi connectivity index (χ0n) is 11.4. The van der Waals surface area contributed by atoms with Crippen molar-refractivity contribution in [2.24, 2.45) is 5.92 Å². The molecule has 0 spiro atoms. The number of amides is 1. The van der Waals surface area contributed by atoms with Gasteiger partial charge in [0.15, 0.2) is 0 Å². The maximum Gasteiger partial charge on any atom is 0.233 e. The summed E-state index contributed by atoms with van der Waals surface area (Å²) >= 11 is 5.93. The van der Waals surface area contributed by atoms with Crippen molar-refractivity contribution in [1.82, 2.24) is 4.90 Å². The molecule has 0 unspecified atom stereocenters. The fourth-order valence-electron chi connectivity index (χ4n) is 3.03. The second-order valence-electron chi connectivity index (χ2n) is 6.06. The molecule has 2 fully saturated rings. The van der Waals surface area contributed by atoms with Gasteiger partial charge in [0.05, 0.1) is 5.41 Å². The van der Waals surface area contributed by atoms with Gasteiger partial charge in [0, 0.05) is 18.1 Å². The molecule has 0 N–H and O–H groups in total. The van der Waals surface area contributed by atoms with Gasteiger partial charge in [0.1, 0.15) is 0 Å². The number of carbonyl (C=O) groups is 1. The lowest BCUT2D eigenvalue weighted by Crippen LogP contribution is -2.43. The summed E-state index contributed by atoms with van der Waals surface area (Å²) in [6.45, 7) is 4.12. The number of benzene rings is 1. The first-order valence-electron chi connectivity index (χ1n) is 7.17. The molecule has 1 saturated heterocycles. The second kappa shape index (κ2) is 4.82. The van der Waals surface area contributed by atoms with E-state index in [4.69, 9.17) is 11.6 Å². The fourth-order valence-corrected chi connectivity index (χ4v) is 3.16. The van der Waals surface area contributed by atoms with Crippen LogP contribution in [0.1, 0.15) is 38.2 Å². The van der Waals surface area contributed by atoms with E-state index < -0.39 is 0 Å². The number of hydrogen-bond donors (Lipinski definition) is 0. The molecule has 1 heterocycles. The van der Waals surface area contributed by atoms with Gasteiger partial charge in [-0.2, -0.15) is 0 Å². The molecule has 0 atom stereocenters. The van der Waals surface area contributed by atoms with Gasteiger partial charge in [-0.1, -0.05) is 30.7 Å². The minimum atomic E-state index is -0.231. The average Bonchev–Trinajstić information content (AvgIpc) is 3.21. The fraction of sp³-hybridized carbons (Fsp3) is 0.562. The molecule has 1 aromatic carbocycles. The third-order valence-electron chi connectivity index (χ3n) is 4.63. The molecule has 19 heavy (non-hydrogen) atoms. The Balaban J connectivity index is 1.77. The molecular formula is C16H20ClNO. The highest BCUT2D eigenvalue weighted by Crippen LogP contribution is 2.50. The van der Waals surface area contributed by atoms with E-state index in [0.717, 1.165) is 55.3 Å². The molecule has 0 radical (unpaired) electrons. The number of piperidine rings is 1. The molecule has 102 valence electrons. The molecule has 3 rings (SSSR count). The summed E-state index contributed by atoms with van der Waals surface area (Å²) < 4.78 is 0. The largest absolute Gasteiger partial charge is 0.342 e. The van der Waals surface area contributed by atoms with Crippen LogP contribution in [0.3, 0.4) is 0 Å². The first-order chi connectivity index (χ1) is 9.12. The first kappa shape index (κ1) is 13.0. The molecule has 1 aliphatic carbocycles. The lowest BCUT2D eigenvalue weighted by molar-refractivity contribution is -0.135. The van der Waals surface area contributed by atoms with Crippen LogP contribution in [0.4, 0.5) is 0 Å². The Hall–Kier alpha value is -1.02. The van der Waals surface area contributed by atoms with Crippen LogP contribution in [0.5, 0.6) is 0 Å². The van der Waals surface area contributed by atoms with Gasteiger partial charge in [-0.3, -0.25) is 4.79 Å². The van der Waals surface area contributed by atoms with Crippen molar-refractivity contribution in [1.29, 1.82) is 0 Å². The van der Waals surface area contributed by atoms with E-state index in [1.165, 1.54) is 0 Å². The average molecular weight is 278 g/mol. The Morgan fingerprint density at radius 1 is 1.21 bits per heavy atom. The smallest absolute Gasteiger partial charge is 0.233 e. The van der Waals surface area contributed by atoms with E-state index in [9.17, 15) is 4.79 Å². The van der Waals surface area contributed by atoms with Crippen molar-refractivity contribution in [3.8, 4) is 0 Å². The number of rotatable bonds is 2. The zero-order chi connectivity index (χ0) is 13.5. The Kier molecular flexibility index (Phi) is 3.30. The Morgan fingerprint density at radius 2 is 1.79 bits per heavy atom. The van der Waals surface area contributed by atoms with E-state index in [1.807, 2.05) is 24.3 Å². The van der Waals surface area contributed by atoms with Crippen molar-refractivity contribution in [2.75, 3.05) is 13.1 Å². The maximum atomic E-state index is 12.8.